The quantitative estimate of drug-likeness (QED) is 0.273. The topological polar surface area (TPSA) is 47.1 Å². The van der Waals surface area contributed by atoms with Crippen LogP contribution in [0.3, 0.4) is 0 Å². The molecular weight excluding hydrogens is 400 g/mol. The van der Waals surface area contributed by atoms with Crippen molar-refractivity contribution in [3.8, 4) is 0 Å². The molecule has 1 heterocycles. The highest BCUT2D eigenvalue weighted by molar-refractivity contribution is 6.04. The summed E-state index contributed by atoms with van der Waals surface area (Å²) in [6.45, 7) is 13.8. The molecule has 32 heavy (non-hydrogen) atoms. The third-order valence-electron chi connectivity index (χ3n) is 7.18. The molecule has 1 unspecified atom stereocenters. The Morgan fingerprint density at radius 1 is 0.719 bits per heavy atom. The van der Waals surface area contributed by atoms with Crippen molar-refractivity contribution in [2.24, 2.45) is 5.92 Å². The van der Waals surface area contributed by atoms with Gasteiger partial charge in [0.25, 0.3) is 5.91 Å². The fourth-order valence-corrected chi connectivity index (χ4v) is 5.12. The van der Waals surface area contributed by atoms with Gasteiger partial charge in [0.15, 0.2) is 0 Å². The van der Waals surface area contributed by atoms with E-state index in [4.69, 9.17) is 0 Å². The molecule has 0 radical (unpaired) electrons. The summed E-state index contributed by atoms with van der Waals surface area (Å²) in [5, 5.41) is 0. The number of rotatable bonds is 17. The molecule has 3 amide bonds. The van der Waals surface area contributed by atoms with E-state index in [0.717, 1.165) is 90.4 Å². The van der Waals surface area contributed by atoms with E-state index in [1.165, 1.54) is 12.8 Å². The maximum atomic E-state index is 13.6. The van der Waals surface area contributed by atoms with Crippen molar-refractivity contribution in [1.29, 1.82) is 0 Å². The zero-order chi connectivity index (χ0) is 23.3. The summed E-state index contributed by atoms with van der Waals surface area (Å²) in [5.74, 6) is 0.390. The van der Waals surface area contributed by atoms with Gasteiger partial charge in [0.2, 0.25) is 0 Å². The molecule has 1 saturated heterocycles. The minimum atomic E-state index is -0.255. The van der Waals surface area contributed by atoms with Crippen LogP contribution in [0.25, 0.3) is 0 Å². The molecule has 2 rings (SSSR count). The van der Waals surface area contributed by atoms with Crippen molar-refractivity contribution in [2.45, 2.75) is 111 Å². The molecular formula is C26H50N4O2. The van der Waals surface area contributed by atoms with Gasteiger partial charge in [-0.1, -0.05) is 66.2 Å². The molecule has 1 aliphatic heterocycles. The first kappa shape index (κ1) is 27.1. The lowest BCUT2D eigenvalue weighted by molar-refractivity contribution is -0.131. The molecule has 1 aliphatic carbocycles. The van der Waals surface area contributed by atoms with Gasteiger partial charge in [-0.05, 0) is 70.6 Å². The van der Waals surface area contributed by atoms with Crippen molar-refractivity contribution in [2.75, 3.05) is 39.5 Å². The van der Waals surface area contributed by atoms with E-state index in [-0.39, 0.29) is 18.0 Å². The molecule has 2 fully saturated rings. The van der Waals surface area contributed by atoms with Crippen LogP contribution in [0.15, 0.2) is 0 Å². The first-order valence-electron chi connectivity index (χ1n) is 13.6. The van der Waals surface area contributed by atoms with E-state index < -0.39 is 0 Å². The number of urea groups is 1. The lowest BCUT2D eigenvalue weighted by Gasteiger charge is -2.32. The van der Waals surface area contributed by atoms with Crippen LogP contribution in [0.1, 0.15) is 105 Å². The standard InChI is InChI=1S/C26H50N4O2/c1-5-9-17-27(18-10-6-2)21-29-24(23-15-13-14-16-23)25(31)30(26(29)32)22-28(19-11-7-3)20-12-8-4/h23-24H,5-22H2,1-4H3. The number of hydrogen-bond acceptors (Lipinski definition) is 4. The molecule has 0 N–H and O–H groups in total. The summed E-state index contributed by atoms with van der Waals surface area (Å²) in [7, 11) is 0. The van der Waals surface area contributed by atoms with Crippen LogP contribution < -0.4 is 0 Å². The van der Waals surface area contributed by atoms with Gasteiger partial charge in [-0.3, -0.25) is 19.5 Å². The third kappa shape index (κ3) is 7.72. The normalized spacial score (nSPS) is 20.0. The molecule has 1 saturated carbocycles. The second-order valence-electron chi connectivity index (χ2n) is 9.94. The largest absolute Gasteiger partial charge is 0.329 e. The summed E-state index contributed by atoms with van der Waals surface area (Å²) >= 11 is 0. The minimum absolute atomic E-state index is 0.0529. The van der Waals surface area contributed by atoms with Crippen molar-refractivity contribution in [3.05, 3.63) is 0 Å². The first-order chi connectivity index (χ1) is 15.6. The molecule has 0 aromatic heterocycles. The summed E-state index contributed by atoms with van der Waals surface area (Å²) < 4.78 is 0. The van der Waals surface area contributed by atoms with Crippen LogP contribution in [-0.4, -0.2) is 77.1 Å². The van der Waals surface area contributed by atoms with Crippen LogP contribution in [0.5, 0.6) is 0 Å². The van der Waals surface area contributed by atoms with Gasteiger partial charge >= 0.3 is 6.03 Å². The monoisotopic (exact) mass is 450 g/mol. The number of carbonyl (C=O) groups is 2. The highest BCUT2D eigenvalue weighted by Gasteiger charge is 2.49. The number of nitrogens with zero attached hydrogens (tertiary/aromatic N) is 4. The van der Waals surface area contributed by atoms with Crippen LogP contribution in [0.4, 0.5) is 4.79 Å². The number of imide groups is 1. The molecule has 6 heteroatoms. The Kier molecular flexibility index (Phi) is 12.6. The van der Waals surface area contributed by atoms with Gasteiger partial charge in [0.1, 0.15) is 6.04 Å². The molecule has 0 bridgehead atoms. The Bertz CT molecular complexity index is 534. The second kappa shape index (κ2) is 14.9. The number of hydrogen-bond donors (Lipinski definition) is 0. The van der Waals surface area contributed by atoms with Gasteiger partial charge in [0.05, 0.1) is 13.3 Å². The number of unbranched alkanes of at least 4 members (excludes halogenated alkanes) is 4. The van der Waals surface area contributed by atoms with E-state index in [2.05, 4.69) is 37.5 Å². The first-order valence-corrected chi connectivity index (χ1v) is 13.6. The molecule has 186 valence electrons. The highest BCUT2D eigenvalue weighted by Crippen LogP contribution is 2.35. The molecule has 0 aromatic rings. The van der Waals surface area contributed by atoms with Gasteiger partial charge in [0, 0.05) is 0 Å². The Labute approximate surface area is 197 Å². The van der Waals surface area contributed by atoms with Gasteiger partial charge in [-0.15, -0.1) is 0 Å². The van der Waals surface area contributed by atoms with E-state index in [1.54, 1.807) is 4.90 Å². The summed E-state index contributed by atoms with van der Waals surface area (Å²) in [4.78, 5) is 35.5. The second-order valence-corrected chi connectivity index (χ2v) is 9.94. The summed E-state index contributed by atoms with van der Waals surface area (Å²) in [5.41, 5.74) is 0. The van der Waals surface area contributed by atoms with Crippen LogP contribution >= 0.6 is 0 Å². The maximum Gasteiger partial charge on any atom is 0.329 e. The van der Waals surface area contributed by atoms with E-state index in [1.807, 2.05) is 4.90 Å². The number of carbonyl (C=O) groups excluding carboxylic acids is 2. The van der Waals surface area contributed by atoms with Crippen molar-refractivity contribution in [3.63, 3.8) is 0 Å². The highest BCUT2D eigenvalue weighted by atomic mass is 16.2. The summed E-state index contributed by atoms with van der Waals surface area (Å²) in [6, 6.07) is -0.308. The molecule has 2 aliphatic rings. The average molecular weight is 451 g/mol. The molecule has 6 nitrogen and oxygen atoms in total. The van der Waals surface area contributed by atoms with Crippen LogP contribution in [-0.2, 0) is 4.79 Å². The van der Waals surface area contributed by atoms with Gasteiger partial charge in [-0.25, -0.2) is 9.69 Å². The SMILES string of the molecule is CCCCN(CCCC)CN1C(=O)C(C2CCCC2)N(CN(CCCC)CCCC)C1=O. The fourth-order valence-electron chi connectivity index (χ4n) is 5.12. The number of amides is 3. The van der Waals surface area contributed by atoms with Gasteiger partial charge < -0.3 is 0 Å². The fraction of sp³-hybridized carbons (Fsp3) is 0.923. The average Bonchev–Trinajstić information content (AvgIpc) is 3.40. The lowest BCUT2D eigenvalue weighted by Crippen LogP contribution is -2.47. The van der Waals surface area contributed by atoms with Crippen molar-refractivity contribution < 1.29 is 9.59 Å². The molecule has 1 atom stereocenters. The molecule has 0 aromatic carbocycles. The maximum absolute atomic E-state index is 13.6. The Balaban J connectivity index is 2.18. The lowest BCUT2D eigenvalue weighted by atomic mass is 9.97. The zero-order valence-corrected chi connectivity index (χ0v) is 21.5. The molecule has 0 spiro atoms. The summed E-state index contributed by atoms with van der Waals surface area (Å²) in [6.07, 6.45) is 13.6. The Morgan fingerprint density at radius 2 is 1.16 bits per heavy atom. The van der Waals surface area contributed by atoms with Crippen molar-refractivity contribution >= 4 is 11.9 Å². The predicted molar refractivity (Wildman–Crippen MR) is 132 cm³/mol. The van der Waals surface area contributed by atoms with Gasteiger partial charge in [-0.2, -0.15) is 0 Å². The minimum Gasteiger partial charge on any atom is -0.299 e. The predicted octanol–water partition coefficient (Wildman–Crippen LogP) is 5.53. The van der Waals surface area contributed by atoms with Crippen molar-refractivity contribution in [1.82, 2.24) is 19.6 Å². The van der Waals surface area contributed by atoms with E-state index >= 15 is 0 Å². The zero-order valence-electron chi connectivity index (χ0n) is 21.5. The van der Waals surface area contributed by atoms with Crippen LogP contribution in [0, 0.1) is 5.92 Å². The smallest absolute Gasteiger partial charge is 0.299 e. The third-order valence-corrected chi connectivity index (χ3v) is 7.18. The van der Waals surface area contributed by atoms with E-state index in [9.17, 15) is 9.59 Å². The Morgan fingerprint density at radius 3 is 1.59 bits per heavy atom. The van der Waals surface area contributed by atoms with E-state index in [0.29, 0.717) is 19.3 Å². The Hall–Kier alpha value is -1.14. The van der Waals surface area contributed by atoms with Crippen LogP contribution in [0.2, 0.25) is 0 Å².